The first-order valence-electron chi connectivity index (χ1n) is 8.09. The molecule has 1 aromatic heterocycles. The summed E-state index contributed by atoms with van der Waals surface area (Å²) in [6.07, 6.45) is 4.55. The van der Waals surface area contributed by atoms with Gasteiger partial charge in [0.15, 0.2) is 0 Å². The van der Waals surface area contributed by atoms with E-state index in [1.165, 1.54) is 43.8 Å². The molecule has 5 heteroatoms. The zero-order chi connectivity index (χ0) is 14.4. The van der Waals surface area contributed by atoms with Crippen molar-refractivity contribution in [3.8, 4) is 0 Å². The van der Waals surface area contributed by atoms with Gasteiger partial charge in [-0.1, -0.05) is 0 Å². The molecule has 1 aromatic rings. The van der Waals surface area contributed by atoms with E-state index in [-0.39, 0.29) is 0 Å². The van der Waals surface area contributed by atoms with Gasteiger partial charge in [0.25, 0.3) is 0 Å². The maximum absolute atomic E-state index is 6.08. The van der Waals surface area contributed by atoms with Crippen LogP contribution in [0, 0.1) is 12.8 Å². The van der Waals surface area contributed by atoms with E-state index in [2.05, 4.69) is 34.8 Å². The molecule has 21 heavy (non-hydrogen) atoms. The van der Waals surface area contributed by atoms with Crippen molar-refractivity contribution in [3.05, 3.63) is 17.5 Å². The Bertz CT molecular complexity index is 520. The van der Waals surface area contributed by atoms with Gasteiger partial charge in [0, 0.05) is 43.8 Å². The molecule has 0 amide bonds. The van der Waals surface area contributed by atoms with Gasteiger partial charge in [-0.25, -0.2) is 0 Å². The SMILES string of the molecule is Cc1cc(CN2CC3(CC(OCC4CC4)CS3)C2)n(C)n1. The summed E-state index contributed by atoms with van der Waals surface area (Å²) in [5, 5.41) is 4.44. The molecule has 2 saturated heterocycles. The third-order valence-electron chi connectivity index (χ3n) is 4.95. The lowest BCUT2D eigenvalue weighted by Gasteiger charge is -2.47. The van der Waals surface area contributed by atoms with Crippen LogP contribution >= 0.6 is 11.8 Å². The monoisotopic (exact) mass is 307 g/mol. The fourth-order valence-corrected chi connectivity index (χ4v) is 5.21. The Morgan fingerprint density at radius 1 is 1.43 bits per heavy atom. The van der Waals surface area contributed by atoms with Crippen molar-refractivity contribution < 1.29 is 4.74 Å². The van der Waals surface area contributed by atoms with Crippen LogP contribution < -0.4 is 0 Å². The molecule has 0 N–H and O–H groups in total. The normalized spacial score (nSPS) is 28.2. The highest BCUT2D eigenvalue weighted by molar-refractivity contribution is 8.01. The van der Waals surface area contributed by atoms with E-state index >= 15 is 0 Å². The second-order valence-electron chi connectivity index (χ2n) is 7.14. The number of ether oxygens (including phenoxy) is 1. The largest absolute Gasteiger partial charge is 0.377 e. The standard InChI is InChI=1S/C16H25N3OS/c1-12-5-14(18(2)17-12)7-19-10-16(11-19)6-15(9-21-16)20-8-13-3-4-13/h5,13,15H,3-4,6-11H2,1-2H3. The average Bonchev–Trinajstić information content (AvgIpc) is 3.05. The fourth-order valence-electron chi connectivity index (χ4n) is 3.61. The van der Waals surface area contributed by atoms with E-state index in [1.54, 1.807) is 0 Å². The predicted octanol–water partition coefficient (Wildman–Crippen LogP) is 2.22. The topological polar surface area (TPSA) is 30.3 Å². The Hall–Kier alpha value is -0.520. The number of hydrogen-bond donors (Lipinski definition) is 0. The summed E-state index contributed by atoms with van der Waals surface area (Å²) in [5.41, 5.74) is 2.44. The Balaban J connectivity index is 1.25. The minimum atomic E-state index is 0.488. The second-order valence-corrected chi connectivity index (χ2v) is 8.63. The third-order valence-corrected chi connectivity index (χ3v) is 6.52. The van der Waals surface area contributed by atoms with E-state index in [9.17, 15) is 0 Å². The molecule has 1 unspecified atom stereocenters. The molecule has 4 rings (SSSR count). The van der Waals surface area contributed by atoms with Gasteiger partial charge < -0.3 is 4.74 Å². The summed E-state index contributed by atoms with van der Waals surface area (Å²) in [7, 11) is 2.05. The molecule has 3 aliphatic rings. The molecule has 116 valence electrons. The van der Waals surface area contributed by atoms with Crippen molar-refractivity contribution in [2.24, 2.45) is 13.0 Å². The molecule has 1 saturated carbocycles. The minimum absolute atomic E-state index is 0.488. The van der Waals surface area contributed by atoms with Crippen LogP contribution in [0.5, 0.6) is 0 Å². The average molecular weight is 307 g/mol. The molecule has 2 aliphatic heterocycles. The van der Waals surface area contributed by atoms with Crippen molar-refractivity contribution in [2.75, 3.05) is 25.4 Å². The number of likely N-dealkylation sites (tertiary alicyclic amines) is 1. The zero-order valence-corrected chi connectivity index (χ0v) is 13.9. The van der Waals surface area contributed by atoms with E-state index in [4.69, 9.17) is 4.74 Å². The van der Waals surface area contributed by atoms with Gasteiger partial charge in [-0.2, -0.15) is 5.10 Å². The van der Waals surface area contributed by atoms with Crippen LogP contribution in [-0.2, 0) is 18.3 Å². The lowest BCUT2D eigenvalue weighted by Crippen LogP contribution is -2.58. The number of thioether (sulfide) groups is 1. The van der Waals surface area contributed by atoms with Gasteiger partial charge in [0.05, 0.1) is 17.5 Å². The lowest BCUT2D eigenvalue weighted by atomic mass is 9.93. The Labute approximate surface area is 131 Å². The van der Waals surface area contributed by atoms with Crippen LogP contribution in [0.25, 0.3) is 0 Å². The summed E-state index contributed by atoms with van der Waals surface area (Å²) in [5.74, 6) is 2.09. The Morgan fingerprint density at radius 3 is 2.90 bits per heavy atom. The molecule has 1 aliphatic carbocycles. The molecular weight excluding hydrogens is 282 g/mol. The van der Waals surface area contributed by atoms with Gasteiger partial charge in [-0.05, 0) is 38.2 Å². The van der Waals surface area contributed by atoms with Crippen molar-refractivity contribution >= 4 is 11.8 Å². The van der Waals surface area contributed by atoms with Gasteiger partial charge in [-0.15, -0.1) is 11.8 Å². The number of aromatic nitrogens is 2. The van der Waals surface area contributed by atoms with Crippen molar-refractivity contribution in [1.82, 2.24) is 14.7 Å². The van der Waals surface area contributed by atoms with Crippen LogP contribution in [-0.4, -0.2) is 51.0 Å². The first-order valence-corrected chi connectivity index (χ1v) is 9.08. The molecule has 1 spiro atoms. The molecule has 0 aromatic carbocycles. The summed E-state index contributed by atoms with van der Waals surface area (Å²) in [4.78, 5) is 2.55. The minimum Gasteiger partial charge on any atom is -0.377 e. The number of hydrogen-bond acceptors (Lipinski definition) is 4. The fraction of sp³-hybridized carbons (Fsp3) is 0.812. The predicted molar refractivity (Wildman–Crippen MR) is 85.5 cm³/mol. The summed E-state index contributed by atoms with van der Waals surface area (Å²) in [6, 6.07) is 2.20. The van der Waals surface area contributed by atoms with Crippen LogP contribution in [0.3, 0.4) is 0 Å². The first-order chi connectivity index (χ1) is 10.1. The summed E-state index contributed by atoms with van der Waals surface area (Å²) < 4.78 is 8.59. The smallest absolute Gasteiger partial charge is 0.0680 e. The molecule has 0 bridgehead atoms. The van der Waals surface area contributed by atoms with Crippen LogP contribution in [0.4, 0.5) is 0 Å². The highest BCUT2D eigenvalue weighted by Gasteiger charge is 2.49. The van der Waals surface area contributed by atoms with Crippen molar-refractivity contribution in [2.45, 2.75) is 43.6 Å². The zero-order valence-electron chi connectivity index (χ0n) is 13.0. The summed E-state index contributed by atoms with van der Waals surface area (Å²) >= 11 is 2.15. The summed E-state index contributed by atoms with van der Waals surface area (Å²) in [6.45, 7) is 6.54. The van der Waals surface area contributed by atoms with E-state index in [1.807, 2.05) is 11.7 Å². The molecule has 0 radical (unpaired) electrons. The number of nitrogens with zero attached hydrogens (tertiary/aromatic N) is 3. The van der Waals surface area contributed by atoms with E-state index in [0.717, 1.165) is 24.8 Å². The molecule has 3 fully saturated rings. The highest BCUT2D eigenvalue weighted by Crippen LogP contribution is 2.46. The van der Waals surface area contributed by atoms with Gasteiger partial charge in [0.1, 0.15) is 0 Å². The van der Waals surface area contributed by atoms with Crippen molar-refractivity contribution in [1.29, 1.82) is 0 Å². The van der Waals surface area contributed by atoms with Crippen molar-refractivity contribution in [3.63, 3.8) is 0 Å². The molecular formula is C16H25N3OS. The first kappa shape index (κ1) is 14.1. The Kier molecular flexibility index (Phi) is 3.55. The van der Waals surface area contributed by atoms with Crippen LogP contribution in [0.2, 0.25) is 0 Å². The molecule has 1 atom stereocenters. The number of rotatable bonds is 5. The van der Waals surface area contributed by atoms with Gasteiger partial charge in [-0.3, -0.25) is 9.58 Å². The van der Waals surface area contributed by atoms with E-state index in [0.29, 0.717) is 10.9 Å². The number of aryl methyl sites for hydroxylation is 2. The van der Waals surface area contributed by atoms with E-state index < -0.39 is 0 Å². The van der Waals surface area contributed by atoms with Crippen LogP contribution in [0.1, 0.15) is 30.7 Å². The van der Waals surface area contributed by atoms with Gasteiger partial charge >= 0.3 is 0 Å². The quantitative estimate of drug-likeness (QED) is 0.834. The molecule has 4 nitrogen and oxygen atoms in total. The van der Waals surface area contributed by atoms with Gasteiger partial charge in [0.2, 0.25) is 0 Å². The lowest BCUT2D eigenvalue weighted by molar-refractivity contribution is 0.0300. The Morgan fingerprint density at radius 2 is 2.24 bits per heavy atom. The highest BCUT2D eigenvalue weighted by atomic mass is 32.2. The maximum Gasteiger partial charge on any atom is 0.0680 e. The maximum atomic E-state index is 6.08. The van der Waals surface area contributed by atoms with Crippen LogP contribution in [0.15, 0.2) is 6.07 Å². The third kappa shape index (κ3) is 3.01. The second kappa shape index (κ2) is 5.28. The molecule has 3 heterocycles.